The van der Waals surface area contributed by atoms with Crippen molar-refractivity contribution in [3.8, 4) is 5.69 Å². The molecule has 1 aliphatic carbocycles. The summed E-state index contributed by atoms with van der Waals surface area (Å²) < 4.78 is 28.2. The molecule has 0 bridgehead atoms. The number of benzene rings is 1. The van der Waals surface area contributed by atoms with E-state index >= 15 is 0 Å². The largest absolute Gasteiger partial charge is 0.310 e. The van der Waals surface area contributed by atoms with E-state index in [1.807, 2.05) is 41.9 Å². The van der Waals surface area contributed by atoms with Crippen molar-refractivity contribution >= 4 is 21.7 Å². The Bertz CT molecular complexity index is 985. The molecule has 1 saturated heterocycles. The van der Waals surface area contributed by atoms with E-state index in [9.17, 15) is 13.2 Å². The molecule has 1 unspecified atom stereocenters. The van der Waals surface area contributed by atoms with Crippen molar-refractivity contribution in [3.05, 3.63) is 41.6 Å². The number of carbonyl (C=O) groups is 1. The summed E-state index contributed by atoms with van der Waals surface area (Å²) in [5.74, 6) is 0.414. The standard InChI is InChI=1S/C21H28N4O3S/c1-2-14-29(27,28)24-13-7-8-16(15-24)21(26)22-20-18-11-6-12-19(18)23-25(20)17-9-4-3-5-10-17/h3-5,9-10,16H,2,6-8,11-15H2,1H3,(H,22,26). The molecular weight excluding hydrogens is 388 g/mol. The van der Waals surface area contributed by atoms with Gasteiger partial charge in [-0.3, -0.25) is 4.79 Å². The van der Waals surface area contributed by atoms with Gasteiger partial charge in [-0.25, -0.2) is 17.4 Å². The first kappa shape index (κ1) is 20.1. The lowest BCUT2D eigenvalue weighted by Crippen LogP contribution is -2.44. The number of fused-ring (bicyclic) bond motifs is 1. The number of carbonyl (C=O) groups excluding carboxylic acids is 1. The molecule has 1 aromatic carbocycles. The van der Waals surface area contributed by atoms with Gasteiger partial charge in [0.2, 0.25) is 15.9 Å². The number of anilines is 1. The lowest BCUT2D eigenvalue weighted by Gasteiger charge is -2.31. The molecule has 2 aliphatic rings. The Labute approximate surface area is 172 Å². The molecule has 29 heavy (non-hydrogen) atoms. The van der Waals surface area contributed by atoms with Crippen LogP contribution >= 0.6 is 0 Å². The maximum Gasteiger partial charge on any atom is 0.229 e. The zero-order valence-corrected chi connectivity index (χ0v) is 17.6. The summed E-state index contributed by atoms with van der Waals surface area (Å²) in [4.78, 5) is 13.1. The van der Waals surface area contributed by atoms with Crippen molar-refractivity contribution in [1.29, 1.82) is 0 Å². The van der Waals surface area contributed by atoms with E-state index in [0.717, 1.165) is 42.0 Å². The van der Waals surface area contributed by atoms with Crippen LogP contribution in [0.2, 0.25) is 0 Å². The van der Waals surface area contributed by atoms with Crippen LogP contribution in [0.5, 0.6) is 0 Å². The normalized spacial score (nSPS) is 19.8. The molecule has 2 aromatic rings. The molecule has 1 N–H and O–H groups in total. The van der Waals surface area contributed by atoms with Crippen LogP contribution in [0.1, 0.15) is 43.9 Å². The van der Waals surface area contributed by atoms with E-state index in [0.29, 0.717) is 25.8 Å². The van der Waals surface area contributed by atoms with E-state index in [4.69, 9.17) is 5.10 Å². The fraction of sp³-hybridized carbons (Fsp3) is 0.524. The molecule has 156 valence electrons. The highest BCUT2D eigenvalue weighted by molar-refractivity contribution is 7.89. The van der Waals surface area contributed by atoms with Gasteiger partial charge >= 0.3 is 0 Å². The summed E-state index contributed by atoms with van der Waals surface area (Å²) in [7, 11) is -3.29. The van der Waals surface area contributed by atoms with Gasteiger partial charge < -0.3 is 5.32 Å². The van der Waals surface area contributed by atoms with Crippen LogP contribution in [-0.4, -0.2) is 47.3 Å². The van der Waals surface area contributed by atoms with E-state index in [1.54, 1.807) is 0 Å². The van der Waals surface area contributed by atoms with Gasteiger partial charge in [0.1, 0.15) is 5.82 Å². The maximum absolute atomic E-state index is 13.1. The first-order chi connectivity index (χ1) is 14.0. The number of aryl methyl sites for hydroxylation is 1. The van der Waals surface area contributed by atoms with E-state index in [2.05, 4.69) is 5.32 Å². The van der Waals surface area contributed by atoms with E-state index < -0.39 is 10.0 Å². The number of piperidine rings is 1. The number of sulfonamides is 1. The zero-order chi connectivity index (χ0) is 20.4. The number of aromatic nitrogens is 2. The van der Waals surface area contributed by atoms with Crippen molar-refractivity contribution < 1.29 is 13.2 Å². The Kier molecular flexibility index (Phi) is 5.74. The predicted octanol–water partition coefficient (Wildman–Crippen LogP) is 2.75. The van der Waals surface area contributed by atoms with Gasteiger partial charge in [-0.05, 0) is 50.7 Å². The SMILES string of the molecule is CCCS(=O)(=O)N1CCCC(C(=O)Nc2c3c(nn2-c2ccccc2)CCC3)C1. The highest BCUT2D eigenvalue weighted by atomic mass is 32.2. The molecule has 4 rings (SSSR count). The van der Waals surface area contributed by atoms with Crippen LogP contribution < -0.4 is 5.32 Å². The molecule has 7 nitrogen and oxygen atoms in total. The third-order valence-electron chi connectivity index (χ3n) is 5.76. The Balaban J connectivity index is 1.56. The molecule has 1 fully saturated rings. The molecule has 0 radical (unpaired) electrons. The van der Waals surface area contributed by atoms with Crippen LogP contribution in [0, 0.1) is 5.92 Å². The molecule has 2 heterocycles. The minimum absolute atomic E-state index is 0.117. The summed E-state index contributed by atoms with van der Waals surface area (Å²) in [6.07, 6.45) is 4.85. The van der Waals surface area contributed by atoms with Crippen LogP contribution in [0.3, 0.4) is 0 Å². The summed E-state index contributed by atoms with van der Waals surface area (Å²) >= 11 is 0. The lowest BCUT2D eigenvalue weighted by atomic mass is 9.99. The van der Waals surface area contributed by atoms with Gasteiger partial charge in [0, 0.05) is 18.7 Å². The van der Waals surface area contributed by atoms with E-state index in [1.165, 1.54) is 4.31 Å². The predicted molar refractivity (Wildman–Crippen MR) is 113 cm³/mol. The van der Waals surface area contributed by atoms with Crippen LogP contribution in [-0.2, 0) is 27.7 Å². The second-order valence-corrected chi connectivity index (χ2v) is 9.97. The second kappa shape index (κ2) is 8.28. The van der Waals surface area contributed by atoms with Crippen molar-refractivity contribution in [2.45, 2.75) is 45.4 Å². The lowest BCUT2D eigenvalue weighted by molar-refractivity contribution is -0.120. The fourth-order valence-electron chi connectivity index (χ4n) is 4.29. The minimum Gasteiger partial charge on any atom is -0.310 e. The van der Waals surface area contributed by atoms with Crippen molar-refractivity contribution in [2.24, 2.45) is 5.92 Å². The summed E-state index contributed by atoms with van der Waals surface area (Å²) in [5.41, 5.74) is 3.06. The monoisotopic (exact) mass is 416 g/mol. The Hall–Kier alpha value is -2.19. The first-order valence-corrected chi connectivity index (χ1v) is 12.1. The molecule has 1 aromatic heterocycles. The number of rotatable bonds is 6. The topological polar surface area (TPSA) is 84.3 Å². The summed E-state index contributed by atoms with van der Waals surface area (Å²) in [6.45, 7) is 2.62. The summed E-state index contributed by atoms with van der Waals surface area (Å²) in [5, 5.41) is 7.84. The van der Waals surface area contributed by atoms with Crippen molar-refractivity contribution in [2.75, 3.05) is 24.2 Å². The van der Waals surface area contributed by atoms with E-state index in [-0.39, 0.29) is 24.1 Å². The third-order valence-corrected chi connectivity index (χ3v) is 7.80. The maximum atomic E-state index is 13.1. The number of nitrogens with one attached hydrogen (secondary N) is 1. The minimum atomic E-state index is -3.29. The summed E-state index contributed by atoms with van der Waals surface area (Å²) in [6, 6.07) is 9.79. The third kappa shape index (κ3) is 4.09. The van der Waals surface area contributed by atoms with Crippen molar-refractivity contribution in [1.82, 2.24) is 14.1 Å². The molecule has 1 amide bonds. The van der Waals surface area contributed by atoms with Crippen molar-refractivity contribution in [3.63, 3.8) is 0 Å². The molecule has 1 aliphatic heterocycles. The molecule has 1 atom stereocenters. The zero-order valence-electron chi connectivity index (χ0n) is 16.8. The number of amides is 1. The highest BCUT2D eigenvalue weighted by Crippen LogP contribution is 2.32. The molecule has 8 heteroatoms. The second-order valence-electron chi connectivity index (χ2n) is 7.88. The average molecular weight is 417 g/mol. The average Bonchev–Trinajstić information content (AvgIpc) is 3.31. The molecule has 0 spiro atoms. The van der Waals surface area contributed by atoms with Gasteiger partial charge in [0.05, 0.1) is 23.1 Å². The Morgan fingerprint density at radius 1 is 1.21 bits per heavy atom. The van der Waals surface area contributed by atoms with Gasteiger partial charge in [-0.1, -0.05) is 25.1 Å². The number of para-hydroxylation sites is 1. The highest BCUT2D eigenvalue weighted by Gasteiger charge is 2.33. The van der Waals surface area contributed by atoms with Gasteiger partial charge in [0.15, 0.2) is 0 Å². The number of hydrogen-bond acceptors (Lipinski definition) is 4. The van der Waals surface area contributed by atoms with Gasteiger partial charge in [-0.2, -0.15) is 5.10 Å². The smallest absolute Gasteiger partial charge is 0.229 e. The van der Waals surface area contributed by atoms with Gasteiger partial charge in [-0.15, -0.1) is 0 Å². The van der Waals surface area contributed by atoms with Crippen LogP contribution in [0.4, 0.5) is 5.82 Å². The van der Waals surface area contributed by atoms with Gasteiger partial charge in [0.25, 0.3) is 0 Å². The Morgan fingerprint density at radius 2 is 2.00 bits per heavy atom. The number of nitrogens with zero attached hydrogens (tertiary/aromatic N) is 3. The quantitative estimate of drug-likeness (QED) is 0.785. The first-order valence-electron chi connectivity index (χ1n) is 10.4. The fourth-order valence-corrected chi connectivity index (χ4v) is 5.88. The van der Waals surface area contributed by atoms with Crippen LogP contribution in [0.15, 0.2) is 30.3 Å². The molecular formula is C21H28N4O3S. The van der Waals surface area contributed by atoms with Crippen LogP contribution in [0.25, 0.3) is 5.69 Å². The number of hydrogen-bond donors (Lipinski definition) is 1. The Morgan fingerprint density at radius 3 is 2.76 bits per heavy atom. The molecule has 0 saturated carbocycles.